The number of rotatable bonds is 3. The molecule has 0 fully saturated rings. The van der Waals surface area contributed by atoms with Gasteiger partial charge in [0, 0.05) is 19.0 Å². The fourth-order valence-electron chi connectivity index (χ4n) is 1.71. The van der Waals surface area contributed by atoms with Crippen molar-refractivity contribution < 1.29 is 0 Å². The van der Waals surface area contributed by atoms with Crippen LogP contribution in [-0.2, 0) is 12.0 Å². The molecule has 2 aromatic heterocycles. The lowest BCUT2D eigenvalue weighted by molar-refractivity contribution is 0.512. The van der Waals surface area contributed by atoms with Crippen molar-refractivity contribution in [2.75, 3.05) is 12.4 Å². The lowest BCUT2D eigenvalue weighted by Crippen LogP contribution is -2.28. The maximum Gasteiger partial charge on any atom is 0.277 e. The maximum atomic E-state index is 12.4. The molecule has 0 amide bonds. The van der Waals surface area contributed by atoms with E-state index >= 15 is 0 Å². The van der Waals surface area contributed by atoms with Gasteiger partial charge in [-0.1, -0.05) is 32.1 Å². The zero-order chi connectivity index (χ0) is 14.9. The summed E-state index contributed by atoms with van der Waals surface area (Å²) in [7, 11) is 1.78. The number of hydrogen-bond donors (Lipinski definition) is 1. The Balaban J connectivity index is 2.65. The van der Waals surface area contributed by atoms with Gasteiger partial charge < -0.3 is 5.32 Å². The van der Waals surface area contributed by atoms with Crippen molar-refractivity contribution >= 4 is 16.5 Å². The second kappa shape index (κ2) is 5.32. The van der Waals surface area contributed by atoms with Gasteiger partial charge in [-0.05, 0) is 13.0 Å². The number of anilines is 1. The quantitative estimate of drug-likeness (QED) is 0.938. The van der Waals surface area contributed by atoms with Crippen LogP contribution in [0.3, 0.4) is 0 Å². The lowest BCUT2D eigenvalue weighted by Gasteiger charge is -2.19. The molecule has 0 aliphatic rings. The van der Waals surface area contributed by atoms with Crippen molar-refractivity contribution in [1.82, 2.24) is 20.0 Å². The third-order valence-corrected chi connectivity index (χ3v) is 3.89. The minimum Gasteiger partial charge on any atom is -0.363 e. The van der Waals surface area contributed by atoms with E-state index in [1.165, 1.54) is 16.0 Å². The van der Waals surface area contributed by atoms with Gasteiger partial charge in [0.2, 0.25) is 5.13 Å². The van der Waals surface area contributed by atoms with Crippen LogP contribution >= 0.6 is 11.3 Å². The monoisotopic (exact) mass is 293 g/mol. The molecule has 2 heterocycles. The predicted octanol–water partition coefficient (Wildman–Crippen LogP) is 2.12. The van der Waals surface area contributed by atoms with Gasteiger partial charge in [0.1, 0.15) is 0 Å². The van der Waals surface area contributed by atoms with Gasteiger partial charge >= 0.3 is 0 Å². The molecule has 2 aromatic rings. The summed E-state index contributed by atoms with van der Waals surface area (Å²) in [6, 6.07) is 1.83. The molecule has 20 heavy (non-hydrogen) atoms. The first-order valence-electron chi connectivity index (χ1n) is 6.51. The Morgan fingerprint density at radius 1 is 1.35 bits per heavy atom. The van der Waals surface area contributed by atoms with Crippen LogP contribution in [0.5, 0.6) is 0 Å². The number of aryl methyl sites for hydroxylation is 1. The van der Waals surface area contributed by atoms with Gasteiger partial charge in [0.25, 0.3) is 5.56 Å². The molecule has 108 valence electrons. The van der Waals surface area contributed by atoms with Crippen molar-refractivity contribution in [3.8, 4) is 10.6 Å². The minimum absolute atomic E-state index is 0.126. The van der Waals surface area contributed by atoms with E-state index < -0.39 is 0 Å². The Hall–Kier alpha value is -1.76. The third kappa shape index (κ3) is 2.72. The molecule has 2 rings (SSSR count). The average molecular weight is 293 g/mol. The second-order valence-corrected chi connectivity index (χ2v) is 6.45. The van der Waals surface area contributed by atoms with Crippen LogP contribution in [0.1, 0.15) is 33.4 Å². The fourth-order valence-corrected chi connectivity index (χ4v) is 2.41. The zero-order valence-corrected chi connectivity index (χ0v) is 13.2. The van der Waals surface area contributed by atoms with Crippen LogP contribution in [0, 0.1) is 0 Å². The first kappa shape index (κ1) is 14.6. The summed E-state index contributed by atoms with van der Waals surface area (Å²) >= 11 is 1.36. The molecule has 0 unspecified atom stereocenters. The molecule has 0 saturated heterocycles. The second-order valence-electron chi connectivity index (χ2n) is 5.48. The van der Waals surface area contributed by atoms with Crippen molar-refractivity contribution in [1.29, 1.82) is 0 Å². The number of hydrogen-bond acceptors (Lipinski definition) is 6. The predicted molar refractivity (Wildman–Crippen MR) is 81.3 cm³/mol. The first-order valence-corrected chi connectivity index (χ1v) is 7.32. The highest BCUT2D eigenvalue weighted by Crippen LogP contribution is 2.27. The molecule has 0 aliphatic heterocycles. The van der Waals surface area contributed by atoms with Crippen LogP contribution in [0.15, 0.2) is 10.9 Å². The normalized spacial score (nSPS) is 11.7. The summed E-state index contributed by atoms with van der Waals surface area (Å²) in [4.78, 5) is 12.4. The first-order chi connectivity index (χ1) is 9.36. The Kier molecular flexibility index (Phi) is 3.89. The van der Waals surface area contributed by atoms with E-state index in [2.05, 4.69) is 41.4 Å². The zero-order valence-electron chi connectivity index (χ0n) is 12.4. The topological polar surface area (TPSA) is 72.7 Å². The van der Waals surface area contributed by atoms with E-state index in [0.29, 0.717) is 22.2 Å². The highest BCUT2D eigenvalue weighted by Gasteiger charge is 2.21. The van der Waals surface area contributed by atoms with Crippen LogP contribution < -0.4 is 10.9 Å². The smallest absolute Gasteiger partial charge is 0.277 e. The molecule has 0 saturated carbocycles. The van der Waals surface area contributed by atoms with Gasteiger partial charge in [-0.25, -0.2) is 4.68 Å². The van der Waals surface area contributed by atoms with E-state index in [1.807, 2.05) is 13.0 Å². The fraction of sp³-hybridized carbons (Fsp3) is 0.538. The standard InChI is InChI=1S/C13H19N5OS/c1-6-18-11(19)8(7-9(17-18)13(2,3)4)10-15-16-12(14-5)20-10/h7H,6H2,1-5H3,(H,14,16). The minimum atomic E-state index is -0.129. The largest absolute Gasteiger partial charge is 0.363 e. The molecule has 0 spiro atoms. The van der Waals surface area contributed by atoms with Gasteiger partial charge in [0.05, 0.1) is 11.3 Å². The highest BCUT2D eigenvalue weighted by molar-refractivity contribution is 7.18. The number of nitrogens with zero attached hydrogens (tertiary/aromatic N) is 4. The summed E-state index contributed by atoms with van der Waals surface area (Å²) < 4.78 is 1.48. The van der Waals surface area contributed by atoms with E-state index in [0.717, 1.165) is 5.69 Å². The van der Waals surface area contributed by atoms with E-state index in [9.17, 15) is 4.79 Å². The Morgan fingerprint density at radius 2 is 2.05 bits per heavy atom. The van der Waals surface area contributed by atoms with Crippen LogP contribution in [0.2, 0.25) is 0 Å². The van der Waals surface area contributed by atoms with Gasteiger partial charge in [-0.15, -0.1) is 10.2 Å². The summed E-state index contributed by atoms with van der Waals surface area (Å²) in [6.07, 6.45) is 0. The van der Waals surface area contributed by atoms with Crippen LogP contribution in [-0.4, -0.2) is 27.0 Å². The van der Waals surface area contributed by atoms with Gasteiger partial charge in [-0.2, -0.15) is 5.10 Å². The number of nitrogens with one attached hydrogen (secondary N) is 1. The highest BCUT2D eigenvalue weighted by atomic mass is 32.1. The molecule has 0 bridgehead atoms. The maximum absolute atomic E-state index is 12.4. The van der Waals surface area contributed by atoms with Crippen molar-refractivity contribution in [2.24, 2.45) is 0 Å². The third-order valence-electron chi connectivity index (χ3n) is 2.91. The van der Waals surface area contributed by atoms with Crippen molar-refractivity contribution in [2.45, 2.75) is 39.7 Å². The molecular formula is C13H19N5OS. The Bertz CT molecular complexity index is 668. The SMILES string of the molecule is CCn1nc(C(C)(C)C)cc(-c2nnc(NC)s2)c1=O. The molecule has 0 radical (unpaired) electrons. The molecular weight excluding hydrogens is 274 g/mol. The molecule has 6 nitrogen and oxygen atoms in total. The van der Waals surface area contributed by atoms with Crippen LogP contribution in [0.25, 0.3) is 10.6 Å². The van der Waals surface area contributed by atoms with E-state index in [4.69, 9.17) is 0 Å². The summed E-state index contributed by atoms with van der Waals surface area (Å²) in [5.74, 6) is 0. The van der Waals surface area contributed by atoms with E-state index in [-0.39, 0.29) is 11.0 Å². The molecule has 0 aliphatic carbocycles. The van der Waals surface area contributed by atoms with E-state index in [1.54, 1.807) is 7.05 Å². The molecule has 1 N–H and O–H groups in total. The van der Waals surface area contributed by atoms with Crippen molar-refractivity contribution in [3.05, 3.63) is 22.1 Å². The van der Waals surface area contributed by atoms with Gasteiger partial charge in [0.15, 0.2) is 5.01 Å². The summed E-state index contributed by atoms with van der Waals surface area (Å²) in [5.41, 5.74) is 1.18. The molecule has 0 aromatic carbocycles. The summed E-state index contributed by atoms with van der Waals surface area (Å²) in [5, 5.41) is 16.7. The average Bonchev–Trinajstić information content (AvgIpc) is 2.86. The Morgan fingerprint density at radius 3 is 2.55 bits per heavy atom. The van der Waals surface area contributed by atoms with Crippen LogP contribution in [0.4, 0.5) is 5.13 Å². The van der Waals surface area contributed by atoms with Gasteiger partial charge in [-0.3, -0.25) is 4.79 Å². The number of aromatic nitrogens is 4. The Labute approximate surface area is 121 Å². The molecule has 0 atom stereocenters. The lowest BCUT2D eigenvalue weighted by atomic mass is 9.91. The van der Waals surface area contributed by atoms with Crippen molar-refractivity contribution in [3.63, 3.8) is 0 Å². The molecule has 7 heteroatoms. The summed E-state index contributed by atoms with van der Waals surface area (Å²) in [6.45, 7) is 8.66.